The lowest BCUT2D eigenvalue weighted by Gasteiger charge is -2.18. The number of aromatic nitrogens is 3. The van der Waals surface area contributed by atoms with Gasteiger partial charge in [0.25, 0.3) is 0 Å². The highest BCUT2D eigenvalue weighted by Crippen LogP contribution is 2.38. The molecule has 0 aliphatic heterocycles. The number of benzene rings is 2. The van der Waals surface area contributed by atoms with Crippen LogP contribution in [-0.2, 0) is 0 Å². The summed E-state index contributed by atoms with van der Waals surface area (Å²) >= 11 is 11.6. The zero-order chi connectivity index (χ0) is 18.7. The van der Waals surface area contributed by atoms with Crippen molar-refractivity contribution in [3.8, 4) is 5.69 Å². The van der Waals surface area contributed by atoms with Crippen LogP contribution in [0.4, 0.5) is 13.2 Å². The van der Waals surface area contributed by atoms with Crippen LogP contribution < -0.4 is 0 Å². The molecule has 0 saturated heterocycles. The highest BCUT2D eigenvalue weighted by molar-refractivity contribution is 6.42. The number of hydrogen-bond donors (Lipinski definition) is 0. The highest BCUT2D eigenvalue weighted by Gasteiger charge is 2.39. The Morgan fingerprint density at radius 3 is 2.31 bits per heavy atom. The van der Waals surface area contributed by atoms with Gasteiger partial charge in [-0.3, -0.25) is 0 Å². The maximum absolute atomic E-state index is 13.4. The van der Waals surface area contributed by atoms with Gasteiger partial charge < -0.3 is 0 Å². The van der Waals surface area contributed by atoms with Crippen molar-refractivity contribution in [2.24, 2.45) is 0 Å². The SMILES string of the molecule is FC(F)(F)C(C=Cc1ccc(-n2cncn2)cc1)c1ccc(Cl)c(Cl)c1. The van der Waals surface area contributed by atoms with Crippen LogP contribution in [0.15, 0.2) is 61.2 Å². The van der Waals surface area contributed by atoms with Crippen molar-refractivity contribution < 1.29 is 13.2 Å². The lowest BCUT2D eigenvalue weighted by molar-refractivity contribution is -0.139. The molecule has 1 unspecified atom stereocenters. The fourth-order valence-electron chi connectivity index (χ4n) is 2.40. The summed E-state index contributed by atoms with van der Waals surface area (Å²) in [5.74, 6) is -1.78. The third kappa shape index (κ3) is 4.26. The summed E-state index contributed by atoms with van der Waals surface area (Å²) in [6.07, 6.45) is 1.01. The number of rotatable bonds is 4. The fourth-order valence-corrected chi connectivity index (χ4v) is 2.71. The Bertz CT molecular complexity index is 904. The topological polar surface area (TPSA) is 30.7 Å². The van der Waals surface area contributed by atoms with E-state index in [1.54, 1.807) is 28.9 Å². The molecule has 2 aromatic carbocycles. The van der Waals surface area contributed by atoms with Gasteiger partial charge in [-0.1, -0.05) is 53.6 Å². The van der Waals surface area contributed by atoms with Crippen LogP contribution >= 0.6 is 23.2 Å². The molecule has 26 heavy (non-hydrogen) atoms. The molecule has 0 fully saturated rings. The zero-order valence-corrected chi connectivity index (χ0v) is 14.7. The summed E-state index contributed by atoms with van der Waals surface area (Å²) in [5, 5.41) is 4.29. The Balaban J connectivity index is 1.86. The quantitative estimate of drug-likeness (QED) is 0.545. The van der Waals surface area contributed by atoms with Crippen molar-refractivity contribution in [2.45, 2.75) is 12.1 Å². The molecule has 0 spiro atoms. The van der Waals surface area contributed by atoms with E-state index in [9.17, 15) is 13.2 Å². The minimum atomic E-state index is -4.45. The summed E-state index contributed by atoms with van der Waals surface area (Å²) < 4.78 is 41.9. The normalized spacial score (nSPS) is 13.3. The van der Waals surface area contributed by atoms with Crippen molar-refractivity contribution >= 4 is 29.3 Å². The first kappa shape index (κ1) is 18.5. The zero-order valence-electron chi connectivity index (χ0n) is 13.2. The predicted molar refractivity (Wildman–Crippen MR) is 95.7 cm³/mol. The maximum atomic E-state index is 13.4. The van der Waals surface area contributed by atoms with Crippen LogP contribution in [0, 0.1) is 0 Å². The Morgan fingerprint density at radius 2 is 1.73 bits per heavy atom. The molecule has 1 heterocycles. The van der Waals surface area contributed by atoms with Gasteiger partial charge in [0, 0.05) is 0 Å². The van der Waals surface area contributed by atoms with Crippen LogP contribution in [0.1, 0.15) is 17.0 Å². The average molecular weight is 398 g/mol. The first-order valence-electron chi connectivity index (χ1n) is 7.49. The molecule has 8 heteroatoms. The van der Waals surface area contributed by atoms with Gasteiger partial charge in [-0.05, 0) is 35.4 Å². The molecule has 134 valence electrons. The summed E-state index contributed by atoms with van der Waals surface area (Å²) in [7, 11) is 0. The molecule has 3 rings (SSSR count). The fraction of sp³-hybridized carbons (Fsp3) is 0.111. The Morgan fingerprint density at radius 1 is 1.00 bits per heavy atom. The van der Waals surface area contributed by atoms with Crippen molar-refractivity contribution in [3.63, 3.8) is 0 Å². The van der Waals surface area contributed by atoms with Gasteiger partial charge in [0.2, 0.25) is 0 Å². The molecule has 3 aromatic rings. The van der Waals surface area contributed by atoms with Crippen molar-refractivity contribution in [2.75, 3.05) is 0 Å². The van der Waals surface area contributed by atoms with E-state index in [0.717, 1.165) is 11.8 Å². The Hall–Kier alpha value is -2.31. The largest absolute Gasteiger partial charge is 0.399 e. The van der Waals surface area contributed by atoms with E-state index in [1.807, 2.05) is 0 Å². The van der Waals surface area contributed by atoms with E-state index in [-0.39, 0.29) is 15.6 Å². The minimum Gasteiger partial charge on any atom is -0.223 e. The standard InChI is InChI=1S/C18H12Cl2F3N3/c19-16-8-4-13(9-17(16)20)15(18(21,22)23)7-3-12-1-5-14(6-2-12)26-11-24-10-25-26/h1-11,15H. The number of halogens is 5. The second kappa shape index (κ2) is 7.51. The number of alkyl halides is 3. The first-order valence-corrected chi connectivity index (χ1v) is 8.25. The van der Waals surface area contributed by atoms with E-state index in [0.29, 0.717) is 5.56 Å². The molecule has 0 saturated carbocycles. The van der Waals surface area contributed by atoms with Crippen molar-refractivity contribution in [3.05, 3.63) is 82.4 Å². The maximum Gasteiger partial charge on any atom is 0.399 e. The highest BCUT2D eigenvalue weighted by atomic mass is 35.5. The molecule has 0 amide bonds. The molecule has 0 bridgehead atoms. The summed E-state index contributed by atoms with van der Waals surface area (Å²) in [6, 6.07) is 10.8. The van der Waals surface area contributed by atoms with Gasteiger partial charge in [-0.15, -0.1) is 0 Å². The predicted octanol–water partition coefficient (Wildman–Crippen LogP) is 5.93. The van der Waals surface area contributed by atoms with Gasteiger partial charge in [-0.25, -0.2) is 9.67 Å². The first-order chi connectivity index (χ1) is 12.3. The smallest absolute Gasteiger partial charge is 0.223 e. The second-order valence-electron chi connectivity index (χ2n) is 5.48. The van der Waals surface area contributed by atoms with Crippen molar-refractivity contribution in [1.29, 1.82) is 0 Å². The molecule has 0 aliphatic rings. The van der Waals surface area contributed by atoms with Gasteiger partial charge in [0.15, 0.2) is 0 Å². The van der Waals surface area contributed by atoms with E-state index < -0.39 is 12.1 Å². The molecule has 0 N–H and O–H groups in total. The second-order valence-corrected chi connectivity index (χ2v) is 6.30. The van der Waals surface area contributed by atoms with E-state index in [1.165, 1.54) is 36.9 Å². The van der Waals surface area contributed by atoms with E-state index in [2.05, 4.69) is 10.1 Å². The van der Waals surface area contributed by atoms with Gasteiger partial charge in [0.1, 0.15) is 12.7 Å². The minimum absolute atomic E-state index is 0.0300. The molecule has 1 aromatic heterocycles. The average Bonchev–Trinajstić information content (AvgIpc) is 3.12. The van der Waals surface area contributed by atoms with Gasteiger partial charge in [-0.2, -0.15) is 18.3 Å². The van der Waals surface area contributed by atoms with Crippen LogP contribution in [-0.4, -0.2) is 20.9 Å². The van der Waals surface area contributed by atoms with E-state index in [4.69, 9.17) is 23.2 Å². The molecular weight excluding hydrogens is 386 g/mol. The van der Waals surface area contributed by atoms with Crippen molar-refractivity contribution in [1.82, 2.24) is 14.8 Å². The van der Waals surface area contributed by atoms with Crippen LogP contribution in [0.5, 0.6) is 0 Å². The third-order valence-corrected chi connectivity index (χ3v) is 4.45. The lowest BCUT2D eigenvalue weighted by atomic mass is 9.97. The lowest BCUT2D eigenvalue weighted by Crippen LogP contribution is -2.18. The molecule has 0 radical (unpaired) electrons. The molecule has 0 aliphatic carbocycles. The molecule has 3 nitrogen and oxygen atoms in total. The van der Waals surface area contributed by atoms with Crippen LogP contribution in [0.3, 0.4) is 0 Å². The number of nitrogens with zero attached hydrogens (tertiary/aromatic N) is 3. The van der Waals surface area contributed by atoms with E-state index >= 15 is 0 Å². The Labute approximate surface area is 157 Å². The number of hydrogen-bond acceptors (Lipinski definition) is 2. The number of allylic oxidation sites excluding steroid dienone is 1. The molecular formula is C18H12Cl2F3N3. The van der Waals surface area contributed by atoms with Gasteiger partial charge in [0.05, 0.1) is 21.7 Å². The van der Waals surface area contributed by atoms with Crippen LogP contribution in [0.25, 0.3) is 11.8 Å². The van der Waals surface area contributed by atoms with Crippen LogP contribution in [0.2, 0.25) is 10.0 Å². The van der Waals surface area contributed by atoms with Gasteiger partial charge >= 0.3 is 6.18 Å². The molecule has 1 atom stereocenters. The summed E-state index contributed by atoms with van der Waals surface area (Å²) in [4.78, 5) is 3.85. The Kier molecular flexibility index (Phi) is 5.34. The third-order valence-electron chi connectivity index (χ3n) is 3.71. The summed E-state index contributed by atoms with van der Waals surface area (Å²) in [6.45, 7) is 0. The summed E-state index contributed by atoms with van der Waals surface area (Å²) in [5.41, 5.74) is 1.42. The monoisotopic (exact) mass is 397 g/mol.